The summed E-state index contributed by atoms with van der Waals surface area (Å²) in [5.41, 5.74) is 4.95. The second-order valence-corrected chi connectivity index (χ2v) is 3.67. The number of hydrogen-bond acceptors (Lipinski definition) is 5. The summed E-state index contributed by atoms with van der Waals surface area (Å²) in [6.07, 6.45) is 1.77. The van der Waals surface area contributed by atoms with Gasteiger partial charge in [0.2, 0.25) is 11.8 Å². The number of thiazole rings is 1. The maximum Gasteiger partial charge on any atom is 0.245 e. The highest BCUT2D eigenvalue weighted by atomic mass is 32.1. The highest BCUT2D eigenvalue weighted by molar-refractivity contribution is 7.13. The highest BCUT2D eigenvalue weighted by Gasteiger charge is 2.27. The molecule has 1 atom stereocenters. The van der Waals surface area contributed by atoms with Crippen molar-refractivity contribution >= 4 is 28.3 Å². The van der Waals surface area contributed by atoms with Crippen LogP contribution in [0.2, 0.25) is 0 Å². The Morgan fingerprint density at radius 2 is 2.57 bits per heavy atom. The average molecular weight is 212 g/mol. The van der Waals surface area contributed by atoms with E-state index in [1.807, 2.05) is 0 Å². The van der Waals surface area contributed by atoms with E-state index in [4.69, 9.17) is 0 Å². The van der Waals surface area contributed by atoms with Crippen molar-refractivity contribution in [1.29, 1.82) is 0 Å². The third-order valence-corrected chi connectivity index (χ3v) is 2.44. The molecule has 0 aromatic carbocycles. The number of carbonyl (C=O) groups is 2. The first-order chi connectivity index (χ1) is 6.75. The minimum absolute atomic E-state index is 0.164. The molecule has 0 radical (unpaired) electrons. The molecule has 1 aliphatic rings. The van der Waals surface area contributed by atoms with Gasteiger partial charge in [-0.05, 0) is 0 Å². The van der Waals surface area contributed by atoms with Gasteiger partial charge in [-0.3, -0.25) is 15.0 Å². The third kappa shape index (κ3) is 1.88. The minimum Gasteiger partial charge on any atom is -0.301 e. The van der Waals surface area contributed by atoms with Crippen LogP contribution >= 0.6 is 11.3 Å². The van der Waals surface area contributed by atoms with Gasteiger partial charge >= 0.3 is 0 Å². The lowest BCUT2D eigenvalue weighted by molar-refractivity contribution is -0.121. The van der Waals surface area contributed by atoms with Crippen LogP contribution in [0.25, 0.3) is 0 Å². The molecule has 2 heterocycles. The van der Waals surface area contributed by atoms with Gasteiger partial charge in [-0.25, -0.2) is 10.4 Å². The van der Waals surface area contributed by atoms with E-state index in [0.717, 1.165) is 0 Å². The number of aromatic nitrogens is 1. The Labute approximate surface area is 83.7 Å². The highest BCUT2D eigenvalue weighted by Crippen LogP contribution is 2.11. The zero-order chi connectivity index (χ0) is 9.97. The monoisotopic (exact) mass is 212 g/mol. The molecular formula is C7H8N4O2S. The third-order valence-electron chi connectivity index (χ3n) is 1.75. The fraction of sp³-hybridized carbons (Fsp3) is 0.286. The molecule has 2 rings (SSSR count). The summed E-state index contributed by atoms with van der Waals surface area (Å²) in [4.78, 5) is 26.2. The molecular weight excluding hydrogens is 204 g/mol. The van der Waals surface area contributed by atoms with Crippen molar-refractivity contribution in [1.82, 2.24) is 15.8 Å². The lowest BCUT2D eigenvalue weighted by atomic mass is 10.2. The molecule has 1 unspecified atom stereocenters. The molecule has 74 valence electrons. The number of carbonyl (C=O) groups excluding carboxylic acids is 2. The van der Waals surface area contributed by atoms with Gasteiger partial charge in [0, 0.05) is 11.6 Å². The maximum atomic E-state index is 11.5. The van der Waals surface area contributed by atoms with E-state index in [0.29, 0.717) is 5.13 Å². The molecule has 0 saturated carbocycles. The van der Waals surface area contributed by atoms with Gasteiger partial charge in [0.1, 0.15) is 6.04 Å². The lowest BCUT2D eigenvalue weighted by Gasteiger charge is -2.06. The van der Waals surface area contributed by atoms with Crippen LogP contribution in [0.15, 0.2) is 11.6 Å². The Morgan fingerprint density at radius 3 is 3.14 bits per heavy atom. The molecule has 6 nitrogen and oxygen atoms in total. The minimum atomic E-state index is -0.508. The van der Waals surface area contributed by atoms with Crippen molar-refractivity contribution in [2.45, 2.75) is 12.5 Å². The van der Waals surface area contributed by atoms with E-state index in [1.165, 1.54) is 11.3 Å². The van der Waals surface area contributed by atoms with Gasteiger partial charge in [0.05, 0.1) is 6.42 Å². The van der Waals surface area contributed by atoms with E-state index in [2.05, 4.69) is 21.2 Å². The van der Waals surface area contributed by atoms with Crippen molar-refractivity contribution < 1.29 is 9.59 Å². The fourth-order valence-electron chi connectivity index (χ4n) is 1.09. The fourth-order valence-corrected chi connectivity index (χ4v) is 1.62. The van der Waals surface area contributed by atoms with E-state index in [9.17, 15) is 9.59 Å². The van der Waals surface area contributed by atoms with Crippen LogP contribution in [0.1, 0.15) is 6.42 Å². The number of rotatable bonds is 2. The molecule has 2 amide bonds. The van der Waals surface area contributed by atoms with Gasteiger partial charge in [-0.15, -0.1) is 11.3 Å². The van der Waals surface area contributed by atoms with Gasteiger partial charge in [-0.2, -0.15) is 0 Å². The Bertz CT molecular complexity index is 351. The molecule has 0 aliphatic carbocycles. The van der Waals surface area contributed by atoms with Crippen LogP contribution < -0.4 is 16.2 Å². The Morgan fingerprint density at radius 1 is 1.71 bits per heavy atom. The van der Waals surface area contributed by atoms with Crippen LogP contribution in [-0.2, 0) is 9.59 Å². The molecule has 3 N–H and O–H groups in total. The van der Waals surface area contributed by atoms with Crippen molar-refractivity contribution in [2.75, 3.05) is 5.32 Å². The van der Waals surface area contributed by atoms with E-state index in [1.54, 1.807) is 11.6 Å². The molecule has 1 saturated heterocycles. The largest absolute Gasteiger partial charge is 0.301 e. The second-order valence-electron chi connectivity index (χ2n) is 2.78. The number of nitrogens with one attached hydrogen (secondary N) is 3. The summed E-state index contributed by atoms with van der Waals surface area (Å²) >= 11 is 1.33. The first-order valence-corrected chi connectivity index (χ1v) is 4.88. The smallest absolute Gasteiger partial charge is 0.245 e. The summed E-state index contributed by atoms with van der Waals surface area (Å²) in [5.74, 6) is -0.428. The molecule has 0 spiro atoms. The number of hydrazine groups is 1. The SMILES string of the molecule is O=C1CC(C(=O)Nc2nccs2)NN1. The molecule has 14 heavy (non-hydrogen) atoms. The van der Waals surface area contributed by atoms with E-state index in [-0.39, 0.29) is 18.2 Å². The molecule has 0 bridgehead atoms. The molecule has 1 aromatic heterocycles. The summed E-state index contributed by atoms with van der Waals surface area (Å²) in [6.45, 7) is 0. The Balaban J connectivity index is 1.93. The molecule has 7 heteroatoms. The predicted octanol–water partition coefficient (Wildman–Crippen LogP) is -0.525. The van der Waals surface area contributed by atoms with Crippen LogP contribution in [0.5, 0.6) is 0 Å². The maximum absolute atomic E-state index is 11.5. The van der Waals surface area contributed by atoms with Crippen LogP contribution in [-0.4, -0.2) is 22.8 Å². The van der Waals surface area contributed by atoms with Gasteiger partial charge in [0.25, 0.3) is 0 Å². The number of anilines is 1. The quantitative estimate of drug-likeness (QED) is 0.615. The Kier molecular flexibility index (Phi) is 2.42. The van der Waals surface area contributed by atoms with E-state index < -0.39 is 6.04 Å². The summed E-state index contributed by atoms with van der Waals surface area (Å²) in [7, 11) is 0. The second kappa shape index (κ2) is 3.72. The topological polar surface area (TPSA) is 83.1 Å². The predicted molar refractivity (Wildman–Crippen MR) is 50.4 cm³/mol. The van der Waals surface area contributed by atoms with Crippen molar-refractivity contribution in [3.05, 3.63) is 11.6 Å². The summed E-state index contributed by atoms with van der Waals surface area (Å²) < 4.78 is 0. The van der Waals surface area contributed by atoms with Crippen molar-refractivity contribution in [2.24, 2.45) is 0 Å². The van der Waals surface area contributed by atoms with Crippen LogP contribution in [0.4, 0.5) is 5.13 Å². The summed E-state index contributed by atoms with van der Waals surface area (Å²) in [6, 6.07) is -0.508. The first kappa shape index (κ1) is 9.10. The average Bonchev–Trinajstić information content (AvgIpc) is 2.75. The Hall–Kier alpha value is -1.47. The van der Waals surface area contributed by atoms with Crippen LogP contribution in [0.3, 0.4) is 0 Å². The first-order valence-electron chi connectivity index (χ1n) is 4.00. The number of hydrogen-bond donors (Lipinski definition) is 3. The van der Waals surface area contributed by atoms with Crippen LogP contribution in [0, 0.1) is 0 Å². The zero-order valence-electron chi connectivity index (χ0n) is 7.11. The standard InChI is InChI=1S/C7H8N4O2S/c12-5-3-4(10-11-5)6(13)9-7-8-1-2-14-7/h1-2,4,10H,3H2,(H,11,12)(H,8,9,13). The molecule has 1 fully saturated rings. The summed E-state index contributed by atoms with van der Waals surface area (Å²) in [5, 5.41) is 4.90. The number of nitrogens with zero attached hydrogens (tertiary/aromatic N) is 1. The van der Waals surface area contributed by atoms with Crippen molar-refractivity contribution in [3.8, 4) is 0 Å². The normalized spacial score (nSPS) is 20.6. The van der Waals surface area contributed by atoms with Gasteiger partial charge in [-0.1, -0.05) is 0 Å². The molecule has 1 aliphatic heterocycles. The van der Waals surface area contributed by atoms with Crippen molar-refractivity contribution in [3.63, 3.8) is 0 Å². The zero-order valence-corrected chi connectivity index (χ0v) is 7.93. The van der Waals surface area contributed by atoms with Gasteiger partial charge in [0.15, 0.2) is 5.13 Å². The van der Waals surface area contributed by atoms with Gasteiger partial charge < -0.3 is 5.32 Å². The lowest BCUT2D eigenvalue weighted by Crippen LogP contribution is -2.39. The van der Waals surface area contributed by atoms with E-state index >= 15 is 0 Å². The number of amides is 2. The molecule has 1 aromatic rings.